The molecule has 2 unspecified atom stereocenters. The molecule has 0 bridgehead atoms. The lowest BCUT2D eigenvalue weighted by Gasteiger charge is -2.33. The van der Waals surface area contributed by atoms with Crippen LogP contribution in [-0.4, -0.2) is 63.3 Å². The summed E-state index contributed by atoms with van der Waals surface area (Å²) in [5.74, 6) is 0.594. The lowest BCUT2D eigenvalue weighted by atomic mass is 10.1. The van der Waals surface area contributed by atoms with Crippen molar-refractivity contribution in [2.75, 3.05) is 36.2 Å². The first-order valence-corrected chi connectivity index (χ1v) is 13.2. The van der Waals surface area contributed by atoms with Gasteiger partial charge >= 0.3 is 6.03 Å². The Morgan fingerprint density at radius 3 is 2.63 bits per heavy atom. The summed E-state index contributed by atoms with van der Waals surface area (Å²) >= 11 is 0. The molecule has 2 aromatic heterocycles. The monoisotopic (exact) mass is 492 g/mol. The minimum absolute atomic E-state index is 0.122. The van der Waals surface area contributed by atoms with Gasteiger partial charge in [0.1, 0.15) is 5.03 Å². The lowest BCUT2D eigenvalue weighted by molar-refractivity contribution is 0.0981. The number of benzene rings is 1. The molecular weight excluding hydrogens is 464 g/mol. The fourth-order valence-corrected chi connectivity index (χ4v) is 4.68. The highest BCUT2D eigenvalue weighted by Gasteiger charge is 2.24. The minimum Gasteiger partial charge on any atom is -0.377 e. The molecule has 182 valence electrons. The van der Waals surface area contributed by atoms with Gasteiger partial charge in [-0.2, -0.15) is 0 Å². The molecule has 0 radical (unpaired) electrons. The minimum atomic E-state index is -1.27. The maximum Gasteiger partial charge on any atom is 0.319 e. The standard InChI is InChI=1S/C25H28N6O3S/c1-16-15-34-13-12-31(16)24-29-21(14-22(30-24)20-4-3-11-26-23(20)35(2)33)17-5-7-18(8-6-17)27-25(32)28-19-9-10-19/h3-8,11,14,16,19H,9-10,12-13,15H2,1-2H3,(H2,27,28,32). The van der Waals surface area contributed by atoms with Gasteiger partial charge in [0.2, 0.25) is 5.95 Å². The van der Waals surface area contributed by atoms with Crippen molar-refractivity contribution in [2.45, 2.75) is 36.9 Å². The van der Waals surface area contributed by atoms with Crippen molar-refractivity contribution in [3.63, 3.8) is 0 Å². The smallest absolute Gasteiger partial charge is 0.319 e. The Kier molecular flexibility index (Phi) is 6.74. The third kappa shape index (κ3) is 5.49. The highest BCUT2D eigenvalue weighted by molar-refractivity contribution is 7.84. The van der Waals surface area contributed by atoms with E-state index in [9.17, 15) is 9.00 Å². The predicted octanol–water partition coefficient (Wildman–Crippen LogP) is 3.45. The molecule has 5 rings (SSSR count). The van der Waals surface area contributed by atoms with Crippen molar-refractivity contribution in [2.24, 2.45) is 0 Å². The van der Waals surface area contributed by atoms with Gasteiger partial charge in [0.15, 0.2) is 0 Å². The summed E-state index contributed by atoms with van der Waals surface area (Å²) in [6, 6.07) is 13.4. The van der Waals surface area contributed by atoms with Gasteiger partial charge in [-0.25, -0.2) is 19.7 Å². The van der Waals surface area contributed by atoms with E-state index in [2.05, 4.69) is 27.4 Å². The van der Waals surface area contributed by atoms with Crippen LogP contribution in [0.5, 0.6) is 0 Å². The van der Waals surface area contributed by atoms with E-state index in [-0.39, 0.29) is 12.1 Å². The van der Waals surface area contributed by atoms with Crippen LogP contribution in [0, 0.1) is 0 Å². The number of ether oxygens (including phenoxy) is 1. The predicted molar refractivity (Wildman–Crippen MR) is 136 cm³/mol. The fraction of sp³-hybridized carbons (Fsp3) is 0.360. The maximum atomic E-state index is 12.4. The number of amides is 2. The van der Waals surface area contributed by atoms with Crippen LogP contribution < -0.4 is 15.5 Å². The second kappa shape index (κ2) is 10.1. The van der Waals surface area contributed by atoms with E-state index < -0.39 is 10.8 Å². The molecule has 1 saturated heterocycles. The Balaban J connectivity index is 1.51. The normalized spacial score (nSPS) is 18.7. The van der Waals surface area contributed by atoms with E-state index in [4.69, 9.17) is 14.7 Å². The number of hydrogen-bond donors (Lipinski definition) is 2. The summed E-state index contributed by atoms with van der Waals surface area (Å²) in [4.78, 5) is 28.3. The van der Waals surface area contributed by atoms with Gasteiger partial charge in [0.05, 0.1) is 41.4 Å². The zero-order valence-electron chi connectivity index (χ0n) is 19.7. The van der Waals surface area contributed by atoms with Crippen molar-refractivity contribution < 1.29 is 13.7 Å². The van der Waals surface area contributed by atoms with Gasteiger partial charge in [0, 0.05) is 41.9 Å². The van der Waals surface area contributed by atoms with Gasteiger partial charge in [-0.1, -0.05) is 12.1 Å². The number of anilines is 2. The van der Waals surface area contributed by atoms with E-state index in [0.29, 0.717) is 53.7 Å². The van der Waals surface area contributed by atoms with Crippen molar-refractivity contribution in [3.8, 4) is 22.5 Å². The van der Waals surface area contributed by atoms with Crippen LogP contribution in [0.15, 0.2) is 53.7 Å². The molecule has 10 heteroatoms. The first kappa shape index (κ1) is 23.4. The molecule has 3 heterocycles. The number of morpholine rings is 1. The summed E-state index contributed by atoms with van der Waals surface area (Å²) in [6.45, 7) is 3.97. The second-order valence-corrected chi connectivity index (χ2v) is 10.1. The van der Waals surface area contributed by atoms with Crippen LogP contribution in [0.4, 0.5) is 16.4 Å². The Morgan fingerprint density at radius 1 is 1.14 bits per heavy atom. The van der Waals surface area contributed by atoms with Gasteiger partial charge in [-0.3, -0.25) is 4.21 Å². The Morgan fingerprint density at radius 2 is 1.91 bits per heavy atom. The third-order valence-corrected chi connectivity index (χ3v) is 6.88. The summed E-state index contributed by atoms with van der Waals surface area (Å²) < 4.78 is 18.0. The van der Waals surface area contributed by atoms with Crippen molar-refractivity contribution in [1.82, 2.24) is 20.3 Å². The number of nitrogens with zero attached hydrogens (tertiary/aromatic N) is 4. The topological polar surface area (TPSA) is 109 Å². The second-order valence-electron chi connectivity index (χ2n) is 8.82. The Bertz CT molecular complexity index is 1250. The zero-order chi connectivity index (χ0) is 24.4. The number of urea groups is 1. The molecule has 2 N–H and O–H groups in total. The summed E-state index contributed by atoms with van der Waals surface area (Å²) in [5.41, 5.74) is 3.70. The van der Waals surface area contributed by atoms with Crippen LogP contribution in [0.1, 0.15) is 19.8 Å². The number of pyridine rings is 1. The molecule has 1 aromatic carbocycles. The van der Waals surface area contributed by atoms with Crippen LogP contribution in [-0.2, 0) is 15.5 Å². The highest BCUT2D eigenvalue weighted by atomic mass is 32.2. The Labute approximate surface area is 206 Å². The van der Waals surface area contributed by atoms with Gasteiger partial charge in [-0.15, -0.1) is 0 Å². The van der Waals surface area contributed by atoms with Crippen molar-refractivity contribution in [1.29, 1.82) is 0 Å². The molecule has 2 amide bonds. The number of carbonyl (C=O) groups excluding carboxylic acids is 1. The molecule has 2 fully saturated rings. The molecule has 2 atom stereocenters. The van der Waals surface area contributed by atoms with Crippen LogP contribution in [0.25, 0.3) is 22.5 Å². The number of carbonyl (C=O) groups is 1. The van der Waals surface area contributed by atoms with Gasteiger partial charge < -0.3 is 20.3 Å². The number of nitrogens with one attached hydrogen (secondary N) is 2. The number of rotatable bonds is 6. The molecule has 3 aromatic rings. The van der Waals surface area contributed by atoms with E-state index >= 15 is 0 Å². The quantitative estimate of drug-likeness (QED) is 0.542. The molecular formula is C25H28N6O3S. The SMILES string of the molecule is CC1COCCN1c1nc(-c2ccc(NC(=O)NC3CC3)cc2)cc(-c2cccnc2S(C)=O)n1. The molecule has 9 nitrogen and oxygen atoms in total. The van der Waals surface area contributed by atoms with Gasteiger partial charge in [0.25, 0.3) is 0 Å². The van der Waals surface area contributed by atoms with Crippen molar-refractivity contribution >= 4 is 28.5 Å². The molecule has 1 aliphatic carbocycles. The highest BCUT2D eigenvalue weighted by Crippen LogP contribution is 2.30. The largest absolute Gasteiger partial charge is 0.377 e. The molecule has 2 aliphatic rings. The maximum absolute atomic E-state index is 12.4. The molecule has 1 aliphatic heterocycles. The van der Waals surface area contributed by atoms with Crippen molar-refractivity contribution in [3.05, 3.63) is 48.7 Å². The molecule has 35 heavy (non-hydrogen) atoms. The average Bonchev–Trinajstić information content (AvgIpc) is 3.68. The fourth-order valence-electron chi connectivity index (χ4n) is 3.99. The Hall–Kier alpha value is -3.37. The van der Waals surface area contributed by atoms with Crippen LogP contribution in [0.2, 0.25) is 0 Å². The van der Waals surface area contributed by atoms with Crippen LogP contribution >= 0.6 is 0 Å². The van der Waals surface area contributed by atoms with E-state index in [1.54, 1.807) is 12.5 Å². The number of hydrogen-bond acceptors (Lipinski definition) is 7. The number of aromatic nitrogens is 3. The van der Waals surface area contributed by atoms with Gasteiger partial charge in [-0.05, 0) is 50.1 Å². The van der Waals surface area contributed by atoms with E-state index in [1.165, 1.54) is 0 Å². The summed E-state index contributed by atoms with van der Waals surface area (Å²) in [6.07, 6.45) is 5.33. The molecule has 1 saturated carbocycles. The average molecular weight is 493 g/mol. The zero-order valence-corrected chi connectivity index (χ0v) is 20.5. The first-order valence-electron chi connectivity index (χ1n) is 11.7. The van der Waals surface area contributed by atoms with Crippen LogP contribution in [0.3, 0.4) is 0 Å². The first-order chi connectivity index (χ1) is 17.0. The third-order valence-electron chi connectivity index (χ3n) is 6.01. The lowest BCUT2D eigenvalue weighted by Crippen LogP contribution is -2.44. The summed E-state index contributed by atoms with van der Waals surface area (Å²) in [7, 11) is -1.27. The van der Waals surface area contributed by atoms with E-state index in [0.717, 1.165) is 24.1 Å². The van der Waals surface area contributed by atoms with E-state index in [1.807, 2.05) is 42.5 Å². The molecule has 0 spiro atoms. The summed E-state index contributed by atoms with van der Waals surface area (Å²) in [5, 5.41) is 6.28.